The molecule has 1 aliphatic rings. The summed E-state index contributed by atoms with van der Waals surface area (Å²) in [6.45, 7) is 8.73. The minimum Gasteiger partial charge on any atom is -0.369 e. The van der Waals surface area contributed by atoms with Crippen LogP contribution in [0.25, 0.3) is 0 Å². The molecule has 0 aliphatic carbocycles. The number of nitrogens with zero attached hydrogens (tertiary/aromatic N) is 2. The third-order valence-corrected chi connectivity index (χ3v) is 5.61. The van der Waals surface area contributed by atoms with Crippen LogP contribution in [0.5, 0.6) is 0 Å². The second-order valence-electron chi connectivity index (χ2n) is 9.01. The standard InChI is InChI=1S/C25H33N5O2/c1-17(2)14-25(4)22(31)30(23(26)29-25)16-20-12-10-19(11-13-20)15-27-24(32)28-18(3)21-8-6-5-7-9-21/h5-13,17-18H,14-16H2,1-4H3,(H2,26,29)(H2,27,28,32). The van der Waals surface area contributed by atoms with Crippen LogP contribution >= 0.6 is 0 Å². The van der Waals surface area contributed by atoms with E-state index in [1.54, 1.807) is 4.90 Å². The van der Waals surface area contributed by atoms with E-state index in [1.807, 2.05) is 68.4 Å². The van der Waals surface area contributed by atoms with Crippen LogP contribution in [0.4, 0.5) is 4.79 Å². The Balaban J connectivity index is 1.52. The van der Waals surface area contributed by atoms with Crippen molar-refractivity contribution in [2.75, 3.05) is 0 Å². The van der Waals surface area contributed by atoms with Crippen molar-refractivity contribution in [1.29, 1.82) is 0 Å². The first-order valence-corrected chi connectivity index (χ1v) is 11.0. The van der Waals surface area contributed by atoms with Crippen LogP contribution in [0.1, 0.15) is 56.8 Å². The van der Waals surface area contributed by atoms with Gasteiger partial charge in [0, 0.05) is 6.54 Å². The highest BCUT2D eigenvalue weighted by atomic mass is 16.2. The lowest BCUT2D eigenvalue weighted by Gasteiger charge is -2.23. The number of amides is 3. The van der Waals surface area contributed by atoms with E-state index in [-0.39, 0.29) is 23.9 Å². The third-order valence-electron chi connectivity index (χ3n) is 5.61. The summed E-state index contributed by atoms with van der Waals surface area (Å²) in [5, 5.41) is 5.82. The van der Waals surface area contributed by atoms with Gasteiger partial charge in [0.25, 0.3) is 5.91 Å². The predicted molar refractivity (Wildman–Crippen MR) is 127 cm³/mol. The molecule has 0 aromatic heterocycles. The fourth-order valence-corrected chi connectivity index (χ4v) is 4.04. The second kappa shape index (κ2) is 9.85. The Hall–Kier alpha value is -3.35. The van der Waals surface area contributed by atoms with Gasteiger partial charge < -0.3 is 16.4 Å². The van der Waals surface area contributed by atoms with Crippen LogP contribution in [-0.4, -0.2) is 28.3 Å². The molecule has 1 aliphatic heterocycles. The van der Waals surface area contributed by atoms with E-state index in [9.17, 15) is 9.59 Å². The topological polar surface area (TPSA) is 99.8 Å². The first-order chi connectivity index (χ1) is 15.2. The van der Waals surface area contributed by atoms with Crippen molar-refractivity contribution in [1.82, 2.24) is 15.5 Å². The molecule has 170 valence electrons. The average molecular weight is 436 g/mol. The molecule has 32 heavy (non-hydrogen) atoms. The van der Waals surface area contributed by atoms with Crippen molar-refractivity contribution in [3.8, 4) is 0 Å². The lowest BCUT2D eigenvalue weighted by Crippen LogP contribution is -2.43. The normalized spacial score (nSPS) is 19.1. The highest BCUT2D eigenvalue weighted by Gasteiger charge is 2.43. The van der Waals surface area contributed by atoms with Crippen LogP contribution in [-0.2, 0) is 17.9 Å². The molecule has 0 bridgehead atoms. The van der Waals surface area contributed by atoms with Crippen molar-refractivity contribution < 1.29 is 9.59 Å². The Labute approximate surface area is 190 Å². The summed E-state index contributed by atoms with van der Waals surface area (Å²) >= 11 is 0. The molecule has 0 saturated heterocycles. The maximum Gasteiger partial charge on any atom is 0.315 e. The van der Waals surface area contributed by atoms with E-state index < -0.39 is 5.54 Å². The maximum atomic E-state index is 12.9. The number of urea groups is 1. The second-order valence-corrected chi connectivity index (χ2v) is 9.01. The molecule has 0 spiro atoms. The number of nitrogens with one attached hydrogen (secondary N) is 2. The van der Waals surface area contributed by atoms with Crippen LogP contribution in [0.3, 0.4) is 0 Å². The largest absolute Gasteiger partial charge is 0.369 e. The maximum absolute atomic E-state index is 12.9. The van der Waals surface area contributed by atoms with E-state index in [1.165, 1.54) is 0 Å². The molecule has 4 N–H and O–H groups in total. The number of nitrogens with two attached hydrogens (primary N) is 1. The number of rotatable bonds is 8. The molecule has 0 saturated carbocycles. The zero-order chi connectivity index (χ0) is 23.3. The van der Waals surface area contributed by atoms with Crippen molar-refractivity contribution in [2.45, 2.75) is 58.8 Å². The van der Waals surface area contributed by atoms with Gasteiger partial charge in [0.1, 0.15) is 5.54 Å². The third kappa shape index (κ3) is 5.66. The van der Waals surface area contributed by atoms with Crippen LogP contribution in [0.2, 0.25) is 0 Å². The zero-order valence-electron chi connectivity index (χ0n) is 19.3. The van der Waals surface area contributed by atoms with Gasteiger partial charge in [-0.2, -0.15) is 0 Å². The van der Waals surface area contributed by atoms with Crippen molar-refractivity contribution in [3.63, 3.8) is 0 Å². The summed E-state index contributed by atoms with van der Waals surface area (Å²) in [6, 6.07) is 17.3. The molecule has 3 rings (SSSR count). The molecular formula is C25H33N5O2. The van der Waals surface area contributed by atoms with Crippen molar-refractivity contribution >= 4 is 17.9 Å². The predicted octanol–water partition coefficient (Wildman–Crippen LogP) is 3.71. The van der Waals surface area contributed by atoms with Crippen LogP contribution < -0.4 is 16.4 Å². The van der Waals surface area contributed by atoms with Crippen LogP contribution in [0, 0.1) is 5.92 Å². The SMILES string of the molecule is CC(C)CC1(C)N=C(N)N(Cc2ccc(CNC(=O)NC(C)c3ccccc3)cc2)C1=O. The summed E-state index contributed by atoms with van der Waals surface area (Å²) in [5.41, 5.74) is 8.25. The molecule has 0 radical (unpaired) electrons. The Morgan fingerprint density at radius 2 is 1.69 bits per heavy atom. The van der Waals surface area contributed by atoms with Gasteiger partial charge in [-0.25, -0.2) is 9.79 Å². The van der Waals surface area contributed by atoms with Crippen molar-refractivity contribution in [2.24, 2.45) is 16.6 Å². The Bertz CT molecular complexity index is 972. The molecule has 2 unspecified atom stereocenters. The highest BCUT2D eigenvalue weighted by molar-refractivity contribution is 6.06. The minimum atomic E-state index is -0.785. The molecule has 0 fully saturated rings. The number of benzene rings is 2. The van der Waals surface area contributed by atoms with Crippen LogP contribution in [0.15, 0.2) is 59.6 Å². The molecule has 1 heterocycles. The van der Waals surface area contributed by atoms with E-state index in [4.69, 9.17) is 5.73 Å². The van der Waals surface area contributed by atoms with Crippen molar-refractivity contribution in [3.05, 3.63) is 71.3 Å². The minimum absolute atomic E-state index is 0.0568. The number of hydrogen-bond acceptors (Lipinski definition) is 4. The number of guanidine groups is 1. The van der Waals surface area contributed by atoms with E-state index in [0.717, 1.165) is 16.7 Å². The molecule has 2 atom stereocenters. The van der Waals surface area contributed by atoms with E-state index in [0.29, 0.717) is 25.4 Å². The van der Waals surface area contributed by atoms with E-state index in [2.05, 4.69) is 29.5 Å². The van der Waals surface area contributed by atoms with Gasteiger partial charge in [-0.15, -0.1) is 0 Å². The lowest BCUT2D eigenvalue weighted by molar-refractivity contribution is -0.131. The monoisotopic (exact) mass is 435 g/mol. The number of carbonyl (C=O) groups excluding carboxylic acids is 2. The molecule has 7 nitrogen and oxygen atoms in total. The molecule has 3 amide bonds. The van der Waals surface area contributed by atoms with Gasteiger partial charge >= 0.3 is 6.03 Å². The molecular weight excluding hydrogens is 402 g/mol. The molecule has 2 aromatic rings. The van der Waals surface area contributed by atoms with Gasteiger partial charge in [-0.05, 0) is 42.9 Å². The van der Waals surface area contributed by atoms with E-state index >= 15 is 0 Å². The fraction of sp³-hybridized carbons (Fsp3) is 0.400. The average Bonchev–Trinajstić information content (AvgIpc) is 2.96. The first-order valence-electron chi connectivity index (χ1n) is 11.0. The number of hydrogen-bond donors (Lipinski definition) is 3. The Morgan fingerprint density at radius 3 is 2.31 bits per heavy atom. The number of carbonyl (C=O) groups is 2. The molecule has 7 heteroatoms. The summed E-state index contributed by atoms with van der Waals surface area (Å²) in [7, 11) is 0. The Morgan fingerprint density at radius 1 is 1.06 bits per heavy atom. The summed E-state index contributed by atoms with van der Waals surface area (Å²) in [5.74, 6) is 0.562. The highest BCUT2D eigenvalue weighted by Crippen LogP contribution is 2.29. The van der Waals surface area contributed by atoms with Gasteiger partial charge in [0.05, 0.1) is 12.6 Å². The molecule has 2 aromatic carbocycles. The fourth-order valence-electron chi connectivity index (χ4n) is 4.04. The zero-order valence-corrected chi connectivity index (χ0v) is 19.3. The Kier molecular flexibility index (Phi) is 7.18. The smallest absolute Gasteiger partial charge is 0.315 e. The first kappa shape index (κ1) is 23.3. The summed E-state index contributed by atoms with van der Waals surface area (Å²) in [6.07, 6.45) is 0.665. The van der Waals surface area contributed by atoms with Gasteiger partial charge in [-0.3, -0.25) is 9.69 Å². The summed E-state index contributed by atoms with van der Waals surface area (Å²) < 4.78 is 0. The summed E-state index contributed by atoms with van der Waals surface area (Å²) in [4.78, 5) is 31.1. The lowest BCUT2D eigenvalue weighted by atomic mass is 9.91. The van der Waals surface area contributed by atoms with Gasteiger partial charge in [0.15, 0.2) is 5.96 Å². The number of aliphatic imine (C=N–C) groups is 1. The quantitative estimate of drug-likeness (QED) is 0.589. The van der Waals surface area contributed by atoms with Gasteiger partial charge in [0.2, 0.25) is 0 Å². The van der Waals surface area contributed by atoms with Gasteiger partial charge in [-0.1, -0.05) is 68.4 Å².